The predicted molar refractivity (Wildman–Crippen MR) is 66.6 cm³/mol. The average molecular weight is 249 g/mol. The second kappa shape index (κ2) is 13.1. The van der Waals surface area contributed by atoms with Crippen LogP contribution in [-0.2, 0) is 20.1 Å². The molecule has 0 heterocycles. The fourth-order valence-electron chi connectivity index (χ4n) is 1.72. The highest BCUT2D eigenvalue weighted by Crippen LogP contribution is 2.10. The molecule has 1 unspecified atom stereocenters. The summed E-state index contributed by atoms with van der Waals surface area (Å²) in [4.78, 5) is 0. The molecule has 0 aliphatic heterocycles. The molecule has 97 valence electrons. The largest absolute Gasteiger partial charge is 0.334 e. The Balaban J connectivity index is 2.90. The summed E-state index contributed by atoms with van der Waals surface area (Å²) < 4.78 is 24.5. The van der Waals surface area contributed by atoms with Crippen molar-refractivity contribution < 1.29 is 12.9 Å². The number of hydrogen-bond donors (Lipinski definition) is 0. The van der Waals surface area contributed by atoms with E-state index in [-0.39, 0.29) is 0 Å². The minimum Gasteiger partial charge on any atom is -0.267 e. The van der Waals surface area contributed by atoms with Crippen molar-refractivity contribution in [2.75, 3.05) is 6.61 Å². The Morgan fingerprint density at radius 2 is 1.25 bits per heavy atom. The van der Waals surface area contributed by atoms with Gasteiger partial charge in [-0.25, -0.2) is 0 Å². The summed E-state index contributed by atoms with van der Waals surface area (Å²) in [7, 11) is 0. The summed E-state index contributed by atoms with van der Waals surface area (Å²) in [5.41, 5.74) is 0. The van der Waals surface area contributed by atoms with Crippen molar-refractivity contribution in [2.24, 2.45) is 0 Å². The Kier molecular flexibility index (Phi) is 13.2. The van der Waals surface area contributed by atoms with E-state index in [0.29, 0.717) is 6.61 Å². The molecule has 0 fully saturated rings. The van der Waals surface area contributed by atoms with Crippen LogP contribution in [0, 0.1) is 0 Å². The maximum absolute atomic E-state index is 10.0. The average Bonchev–Trinajstić information content (AvgIpc) is 2.25. The predicted octanol–water partition coefficient (Wildman–Crippen LogP) is 3.93. The van der Waals surface area contributed by atoms with E-state index in [2.05, 4.69) is 11.1 Å². The van der Waals surface area contributed by atoms with E-state index in [1.165, 1.54) is 51.4 Å². The van der Waals surface area contributed by atoms with Gasteiger partial charge in [-0.15, -0.1) is 0 Å². The van der Waals surface area contributed by atoms with Gasteiger partial charge in [0.25, 0.3) is 0 Å². The molecule has 3 nitrogen and oxygen atoms in total. The molecule has 0 aliphatic carbocycles. The van der Waals surface area contributed by atoms with Crippen LogP contribution in [0.15, 0.2) is 0 Å². The van der Waals surface area contributed by atoms with Gasteiger partial charge in [0, 0.05) is 0 Å². The van der Waals surface area contributed by atoms with Gasteiger partial charge in [0.2, 0.25) is 0 Å². The standard InChI is InChI=1S/C12H25O3S/c1-2-3-4-5-6-7-8-9-10-11-12-15-16(13)14/h2-12H2,1H3. The Bertz CT molecular complexity index is 162. The third-order valence-corrected chi connectivity index (χ3v) is 3.04. The normalized spacial score (nSPS) is 12.9. The molecule has 0 rings (SSSR count). The van der Waals surface area contributed by atoms with Crippen molar-refractivity contribution in [3.63, 3.8) is 0 Å². The van der Waals surface area contributed by atoms with Crippen LogP contribution in [0.3, 0.4) is 0 Å². The summed E-state index contributed by atoms with van der Waals surface area (Å²) >= 11 is -2.33. The number of hydrogen-bond acceptors (Lipinski definition) is 2. The minimum atomic E-state index is -2.33. The maximum atomic E-state index is 10.0. The Hall–Kier alpha value is 0.0700. The molecule has 0 N–H and O–H groups in total. The molecule has 1 atom stereocenters. The van der Waals surface area contributed by atoms with E-state index in [4.69, 9.17) is 0 Å². The second-order valence-corrected chi connectivity index (χ2v) is 4.85. The van der Waals surface area contributed by atoms with Gasteiger partial charge in [0.1, 0.15) is 0 Å². The van der Waals surface area contributed by atoms with Crippen LogP contribution in [0.25, 0.3) is 0 Å². The lowest BCUT2D eigenvalue weighted by molar-refractivity contribution is 0.275. The third kappa shape index (κ3) is 14.1. The topological polar surface area (TPSA) is 46.2 Å². The molecule has 0 aromatic rings. The van der Waals surface area contributed by atoms with Crippen molar-refractivity contribution >= 4 is 11.4 Å². The van der Waals surface area contributed by atoms with E-state index in [9.17, 15) is 8.76 Å². The highest BCUT2D eigenvalue weighted by Gasteiger charge is 1.95. The summed E-state index contributed by atoms with van der Waals surface area (Å²) in [6.45, 7) is 2.57. The second-order valence-electron chi connectivity index (χ2n) is 4.21. The van der Waals surface area contributed by atoms with Gasteiger partial charge in [0.05, 0.1) is 6.61 Å². The van der Waals surface area contributed by atoms with E-state index in [1.54, 1.807) is 0 Å². The first-order valence-electron chi connectivity index (χ1n) is 6.50. The van der Waals surface area contributed by atoms with Gasteiger partial charge in [0.15, 0.2) is 0 Å². The zero-order chi connectivity index (χ0) is 12.1. The van der Waals surface area contributed by atoms with Crippen molar-refractivity contribution in [1.82, 2.24) is 0 Å². The molecule has 0 bridgehead atoms. The van der Waals surface area contributed by atoms with Crippen molar-refractivity contribution in [2.45, 2.75) is 71.1 Å². The van der Waals surface area contributed by atoms with Crippen molar-refractivity contribution in [1.29, 1.82) is 0 Å². The first kappa shape index (κ1) is 16.1. The van der Waals surface area contributed by atoms with Crippen LogP contribution in [0.2, 0.25) is 0 Å². The van der Waals surface area contributed by atoms with Crippen LogP contribution in [0.4, 0.5) is 0 Å². The summed E-state index contributed by atoms with van der Waals surface area (Å²) in [6, 6.07) is 0. The van der Waals surface area contributed by atoms with Crippen molar-refractivity contribution in [3.8, 4) is 0 Å². The lowest BCUT2D eigenvalue weighted by atomic mass is 10.1. The van der Waals surface area contributed by atoms with Gasteiger partial charge in [-0.05, 0) is 6.42 Å². The fourth-order valence-corrected chi connectivity index (χ4v) is 1.97. The Labute approximate surface area is 102 Å². The van der Waals surface area contributed by atoms with E-state index < -0.39 is 11.4 Å². The Morgan fingerprint density at radius 3 is 1.69 bits per heavy atom. The molecule has 16 heavy (non-hydrogen) atoms. The molecule has 0 aliphatic rings. The quantitative estimate of drug-likeness (QED) is 0.492. The molecular formula is C12H25O3S. The third-order valence-electron chi connectivity index (χ3n) is 2.68. The molecule has 0 aromatic heterocycles. The maximum Gasteiger partial charge on any atom is 0.334 e. The first-order valence-corrected chi connectivity index (χ1v) is 7.50. The lowest BCUT2D eigenvalue weighted by Gasteiger charge is -2.01. The molecule has 0 amide bonds. The molecule has 1 radical (unpaired) electrons. The van der Waals surface area contributed by atoms with Crippen LogP contribution < -0.4 is 0 Å². The van der Waals surface area contributed by atoms with E-state index in [1.807, 2.05) is 0 Å². The monoisotopic (exact) mass is 249 g/mol. The van der Waals surface area contributed by atoms with Crippen molar-refractivity contribution in [3.05, 3.63) is 0 Å². The first-order chi connectivity index (χ1) is 7.77. The lowest BCUT2D eigenvalue weighted by Crippen LogP contribution is -1.95. The zero-order valence-corrected chi connectivity index (χ0v) is 11.2. The fraction of sp³-hybridized carbons (Fsp3) is 1.00. The van der Waals surface area contributed by atoms with Crippen LogP contribution in [0.5, 0.6) is 0 Å². The van der Waals surface area contributed by atoms with Gasteiger partial charge < -0.3 is 0 Å². The molecular weight excluding hydrogens is 224 g/mol. The number of unbranched alkanes of at least 4 members (excludes halogenated alkanes) is 9. The van der Waals surface area contributed by atoms with E-state index in [0.717, 1.165) is 12.8 Å². The molecule has 0 saturated heterocycles. The minimum absolute atomic E-state index is 0.340. The summed E-state index contributed by atoms with van der Waals surface area (Å²) in [5.74, 6) is 0. The van der Waals surface area contributed by atoms with Crippen LogP contribution >= 0.6 is 0 Å². The van der Waals surface area contributed by atoms with Crippen LogP contribution in [0.1, 0.15) is 71.1 Å². The molecule has 0 aromatic carbocycles. The summed E-state index contributed by atoms with van der Waals surface area (Å²) in [6.07, 6.45) is 12.5. The molecule has 0 saturated carbocycles. The highest BCUT2D eigenvalue weighted by molar-refractivity contribution is 7.73. The molecule has 4 heteroatoms. The summed E-state index contributed by atoms with van der Waals surface area (Å²) in [5, 5.41) is 0. The van der Waals surface area contributed by atoms with Gasteiger partial charge in [-0.1, -0.05) is 69.3 Å². The van der Waals surface area contributed by atoms with Crippen LogP contribution in [-0.4, -0.2) is 10.8 Å². The van der Waals surface area contributed by atoms with Gasteiger partial charge in [-0.3, -0.25) is 4.18 Å². The van der Waals surface area contributed by atoms with Gasteiger partial charge >= 0.3 is 11.4 Å². The highest BCUT2D eigenvalue weighted by atomic mass is 32.2. The van der Waals surface area contributed by atoms with Gasteiger partial charge in [-0.2, -0.15) is 4.21 Å². The SMILES string of the molecule is CCCCCCCCCCCCOS([O])=O. The zero-order valence-electron chi connectivity index (χ0n) is 10.4. The van der Waals surface area contributed by atoms with E-state index >= 15 is 0 Å². The smallest absolute Gasteiger partial charge is 0.267 e. The Morgan fingerprint density at radius 1 is 0.812 bits per heavy atom. The number of rotatable bonds is 12. The molecule has 0 spiro atoms.